The van der Waals surface area contributed by atoms with Crippen LogP contribution in [0.5, 0.6) is 0 Å². The van der Waals surface area contributed by atoms with Crippen molar-refractivity contribution in [1.82, 2.24) is 20.2 Å². The molecule has 0 atom stereocenters. The lowest BCUT2D eigenvalue weighted by atomic mass is 10.2. The van der Waals surface area contributed by atoms with Crippen LogP contribution in [0.15, 0.2) is 69.9 Å². The minimum Gasteiger partial charge on any atom is -0.337 e. The van der Waals surface area contributed by atoms with E-state index in [-0.39, 0.29) is 16.5 Å². The molecule has 4 rings (SSSR count). The van der Waals surface area contributed by atoms with Gasteiger partial charge in [0.15, 0.2) is 5.16 Å². The number of imide groups is 1. The maximum Gasteiger partial charge on any atom is 0.321 e. The van der Waals surface area contributed by atoms with E-state index in [4.69, 9.17) is 0 Å². The van der Waals surface area contributed by atoms with Crippen molar-refractivity contribution in [2.75, 3.05) is 12.3 Å². The molecule has 0 aliphatic heterocycles. The minimum atomic E-state index is -0.591. The van der Waals surface area contributed by atoms with Gasteiger partial charge in [-0.2, -0.15) is 0 Å². The lowest BCUT2D eigenvalue weighted by Crippen LogP contribution is -2.41. The summed E-state index contributed by atoms with van der Waals surface area (Å²) in [7, 11) is 0. The average molecular weight is 497 g/mol. The van der Waals surface area contributed by atoms with E-state index < -0.39 is 17.8 Å². The number of aryl methyl sites for hydroxylation is 1. The molecule has 0 unspecified atom stereocenters. The first-order valence-corrected chi connectivity index (χ1v) is 12.3. The smallest absolute Gasteiger partial charge is 0.321 e. The molecule has 7 nitrogen and oxygen atoms in total. The highest BCUT2D eigenvalue weighted by atomic mass is 32.2. The summed E-state index contributed by atoms with van der Waals surface area (Å²) in [6, 6.07) is 14.6. The Morgan fingerprint density at radius 2 is 1.97 bits per heavy atom. The van der Waals surface area contributed by atoms with Crippen LogP contribution in [0, 0.1) is 12.7 Å². The van der Waals surface area contributed by atoms with Crippen LogP contribution in [-0.4, -0.2) is 33.8 Å². The van der Waals surface area contributed by atoms with Crippen molar-refractivity contribution in [2.45, 2.75) is 18.5 Å². The predicted octanol–water partition coefficient (Wildman–Crippen LogP) is 4.06. The summed E-state index contributed by atoms with van der Waals surface area (Å²) in [6.45, 7) is 2.03. The summed E-state index contributed by atoms with van der Waals surface area (Å²) >= 11 is 2.59. The normalized spacial score (nSPS) is 10.9. The zero-order chi connectivity index (χ0) is 24.1. The minimum absolute atomic E-state index is 0.155. The fourth-order valence-electron chi connectivity index (χ4n) is 3.25. The molecule has 2 aromatic heterocycles. The van der Waals surface area contributed by atoms with E-state index >= 15 is 0 Å². The second-order valence-electron chi connectivity index (χ2n) is 7.41. The topological polar surface area (TPSA) is 93.1 Å². The summed E-state index contributed by atoms with van der Waals surface area (Å²) < 4.78 is 15.5. The molecule has 2 aromatic carbocycles. The maximum atomic E-state index is 14.2. The third-order valence-electron chi connectivity index (χ3n) is 4.98. The molecule has 0 saturated carbocycles. The third-order valence-corrected chi connectivity index (χ3v) is 6.86. The quantitative estimate of drug-likeness (QED) is 0.297. The number of nitrogens with one attached hydrogen (secondary N) is 2. The molecule has 0 aliphatic rings. The van der Waals surface area contributed by atoms with Gasteiger partial charge in [-0.05, 0) is 54.6 Å². The van der Waals surface area contributed by atoms with Gasteiger partial charge in [-0.3, -0.25) is 19.5 Å². The van der Waals surface area contributed by atoms with Gasteiger partial charge in [0.05, 0.1) is 22.3 Å². The Kier molecular flexibility index (Phi) is 7.39. The number of halogens is 1. The number of urea groups is 1. The number of carbonyl (C=O) groups excluding carboxylic acids is 2. The third kappa shape index (κ3) is 5.52. The molecule has 0 spiro atoms. The van der Waals surface area contributed by atoms with Crippen molar-refractivity contribution >= 4 is 45.9 Å². The van der Waals surface area contributed by atoms with Crippen molar-refractivity contribution in [3.63, 3.8) is 0 Å². The van der Waals surface area contributed by atoms with Gasteiger partial charge in [0.25, 0.3) is 5.56 Å². The number of hydrogen-bond acceptors (Lipinski definition) is 6. The number of carbonyl (C=O) groups is 2. The average Bonchev–Trinajstić information content (AvgIpc) is 3.33. The first kappa shape index (κ1) is 23.7. The highest BCUT2D eigenvalue weighted by Crippen LogP contribution is 2.22. The molecule has 34 heavy (non-hydrogen) atoms. The van der Waals surface area contributed by atoms with Gasteiger partial charge in [0.2, 0.25) is 5.91 Å². The van der Waals surface area contributed by atoms with Gasteiger partial charge < -0.3 is 5.32 Å². The monoisotopic (exact) mass is 496 g/mol. The summed E-state index contributed by atoms with van der Waals surface area (Å²) in [5.74, 6) is -1.15. The van der Waals surface area contributed by atoms with Crippen LogP contribution in [0.2, 0.25) is 0 Å². The van der Waals surface area contributed by atoms with Crippen LogP contribution in [0.3, 0.4) is 0 Å². The van der Waals surface area contributed by atoms with Gasteiger partial charge in [-0.15, -0.1) is 11.3 Å². The highest BCUT2D eigenvalue weighted by Gasteiger charge is 2.16. The van der Waals surface area contributed by atoms with Crippen molar-refractivity contribution in [1.29, 1.82) is 0 Å². The van der Waals surface area contributed by atoms with E-state index in [1.54, 1.807) is 54.7 Å². The van der Waals surface area contributed by atoms with E-state index in [0.717, 1.165) is 16.6 Å². The standard InChI is InChI=1S/C24H21FN4O3S2/c1-15-8-9-16(13-19(15)25)29-22(31)18-6-2-3-7-20(18)27-24(29)34-14-21(30)28-23(32)26-11-10-17-5-4-12-33-17/h2-9,12-13H,10-11,14H2,1H3,(H2,26,28,30,32). The number of amides is 3. The Morgan fingerprint density at radius 3 is 2.74 bits per heavy atom. The van der Waals surface area contributed by atoms with Gasteiger partial charge in [-0.1, -0.05) is 36.0 Å². The van der Waals surface area contributed by atoms with Gasteiger partial charge >= 0.3 is 6.03 Å². The van der Waals surface area contributed by atoms with Crippen LogP contribution in [0.1, 0.15) is 10.4 Å². The van der Waals surface area contributed by atoms with Gasteiger partial charge in [-0.25, -0.2) is 14.2 Å². The highest BCUT2D eigenvalue weighted by molar-refractivity contribution is 7.99. The molecule has 4 aromatic rings. The number of nitrogens with zero attached hydrogens (tertiary/aromatic N) is 2. The second-order valence-corrected chi connectivity index (χ2v) is 9.38. The molecular formula is C24H21FN4O3S2. The lowest BCUT2D eigenvalue weighted by Gasteiger charge is -2.14. The zero-order valence-electron chi connectivity index (χ0n) is 18.2. The first-order chi connectivity index (χ1) is 16.4. The lowest BCUT2D eigenvalue weighted by molar-refractivity contribution is -0.117. The number of hydrogen-bond donors (Lipinski definition) is 2. The number of rotatable bonds is 7. The van der Waals surface area contributed by atoms with Crippen LogP contribution in [-0.2, 0) is 11.2 Å². The predicted molar refractivity (Wildman–Crippen MR) is 132 cm³/mol. The van der Waals surface area contributed by atoms with Gasteiger partial charge in [0, 0.05) is 11.4 Å². The number of para-hydroxylation sites is 1. The van der Waals surface area contributed by atoms with Crippen molar-refractivity contribution in [3.8, 4) is 5.69 Å². The Balaban J connectivity index is 1.49. The van der Waals surface area contributed by atoms with Crippen molar-refractivity contribution < 1.29 is 14.0 Å². The van der Waals surface area contributed by atoms with E-state index in [0.29, 0.717) is 35.1 Å². The van der Waals surface area contributed by atoms with Gasteiger partial charge in [0.1, 0.15) is 5.82 Å². The maximum absolute atomic E-state index is 14.2. The van der Waals surface area contributed by atoms with Crippen LogP contribution >= 0.6 is 23.1 Å². The molecule has 0 radical (unpaired) electrons. The van der Waals surface area contributed by atoms with Crippen LogP contribution in [0.4, 0.5) is 9.18 Å². The molecule has 174 valence electrons. The fraction of sp³-hybridized carbons (Fsp3) is 0.167. The Morgan fingerprint density at radius 1 is 1.15 bits per heavy atom. The van der Waals surface area contributed by atoms with Crippen molar-refractivity contribution in [2.24, 2.45) is 0 Å². The van der Waals surface area contributed by atoms with Crippen LogP contribution in [0.25, 0.3) is 16.6 Å². The SMILES string of the molecule is Cc1ccc(-n2c(SCC(=O)NC(=O)NCCc3cccs3)nc3ccccc3c2=O)cc1F. The second kappa shape index (κ2) is 10.6. The molecule has 0 aliphatic carbocycles. The van der Waals surface area contributed by atoms with E-state index in [2.05, 4.69) is 15.6 Å². The Hall–Kier alpha value is -3.50. The molecule has 0 bridgehead atoms. The summed E-state index contributed by atoms with van der Waals surface area (Å²) in [6.07, 6.45) is 0.675. The molecule has 0 fully saturated rings. The summed E-state index contributed by atoms with van der Waals surface area (Å²) in [4.78, 5) is 43.2. The summed E-state index contributed by atoms with van der Waals surface area (Å²) in [5.41, 5.74) is 0.846. The first-order valence-electron chi connectivity index (χ1n) is 10.4. The van der Waals surface area contributed by atoms with Crippen molar-refractivity contribution in [3.05, 3.63) is 86.6 Å². The number of thiophene rings is 1. The number of fused-ring (bicyclic) bond motifs is 1. The number of aromatic nitrogens is 2. The fourth-order valence-corrected chi connectivity index (χ4v) is 4.77. The molecule has 0 saturated heterocycles. The Bertz CT molecular complexity index is 1400. The van der Waals surface area contributed by atoms with E-state index in [1.165, 1.54) is 10.6 Å². The number of thioether (sulfide) groups is 1. The molecule has 3 amide bonds. The largest absolute Gasteiger partial charge is 0.337 e. The molecular weight excluding hydrogens is 475 g/mol. The molecule has 2 heterocycles. The van der Waals surface area contributed by atoms with E-state index in [9.17, 15) is 18.8 Å². The molecule has 2 N–H and O–H groups in total. The Labute approximate surface area is 203 Å². The van der Waals surface area contributed by atoms with Crippen LogP contribution < -0.4 is 16.2 Å². The summed E-state index contributed by atoms with van der Waals surface area (Å²) in [5, 5.41) is 7.48. The van der Waals surface area contributed by atoms with E-state index in [1.807, 2.05) is 17.5 Å². The number of benzene rings is 2. The zero-order valence-corrected chi connectivity index (χ0v) is 19.8. The molecule has 10 heteroatoms.